The Labute approximate surface area is 146 Å². The van der Waals surface area contributed by atoms with Crippen LogP contribution in [0.3, 0.4) is 0 Å². The van der Waals surface area contributed by atoms with Crippen molar-refractivity contribution in [2.75, 3.05) is 14.2 Å². The van der Waals surface area contributed by atoms with Crippen molar-refractivity contribution < 1.29 is 14.6 Å². The minimum absolute atomic E-state index is 0.143. The van der Waals surface area contributed by atoms with Crippen molar-refractivity contribution >= 4 is 17.2 Å². The van der Waals surface area contributed by atoms with Gasteiger partial charge >= 0.3 is 0 Å². The van der Waals surface area contributed by atoms with Crippen LogP contribution in [0.1, 0.15) is 47.1 Å². The van der Waals surface area contributed by atoms with Crippen molar-refractivity contribution in [2.24, 2.45) is 0 Å². The summed E-state index contributed by atoms with van der Waals surface area (Å²) in [6.07, 6.45) is -0.339. The Morgan fingerprint density at radius 3 is 2.75 bits per heavy atom. The van der Waals surface area contributed by atoms with Gasteiger partial charge in [-0.05, 0) is 38.0 Å². The van der Waals surface area contributed by atoms with Gasteiger partial charge in [-0.2, -0.15) is 0 Å². The summed E-state index contributed by atoms with van der Waals surface area (Å²) in [6.45, 7) is 5.97. The maximum absolute atomic E-state index is 12.7. The number of aromatic nitrogens is 1. The lowest BCUT2D eigenvalue weighted by atomic mass is 10.1. The number of rotatable bonds is 6. The van der Waals surface area contributed by atoms with E-state index in [9.17, 15) is 9.90 Å². The lowest BCUT2D eigenvalue weighted by molar-refractivity contribution is -0.141. The molecule has 1 heterocycles. The lowest BCUT2D eigenvalue weighted by Crippen LogP contribution is -2.33. The smallest absolute Gasteiger partial charge is 0.256 e. The van der Waals surface area contributed by atoms with Gasteiger partial charge in [0.05, 0.1) is 23.9 Å². The van der Waals surface area contributed by atoms with E-state index in [1.54, 1.807) is 54.7 Å². The third kappa shape index (κ3) is 3.76. The van der Waals surface area contributed by atoms with Gasteiger partial charge < -0.3 is 14.7 Å². The van der Waals surface area contributed by atoms with Gasteiger partial charge in [0.1, 0.15) is 5.75 Å². The van der Waals surface area contributed by atoms with Gasteiger partial charge in [-0.15, -0.1) is 11.3 Å². The number of ether oxygens (including phenoxy) is 1. The Morgan fingerprint density at radius 1 is 1.46 bits per heavy atom. The van der Waals surface area contributed by atoms with Crippen molar-refractivity contribution in [1.82, 2.24) is 9.88 Å². The second-order valence-corrected chi connectivity index (χ2v) is 6.83. The summed E-state index contributed by atoms with van der Waals surface area (Å²) in [6, 6.07) is 6.79. The van der Waals surface area contributed by atoms with Crippen LogP contribution >= 0.6 is 11.3 Å². The predicted octanol–water partition coefficient (Wildman–Crippen LogP) is 3.28. The molecule has 1 aromatic carbocycles. The number of hydrogen-bond donors (Lipinski definition) is 1. The van der Waals surface area contributed by atoms with Crippen LogP contribution in [0.5, 0.6) is 5.75 Å². The molecule has 1 aromatic heterocycles. The van der Waals surface area contributed by atoms with Crippen molar-refractivity contribution in [3.05, 3.63) is 45.4 Å². The molecule has 0 radical (unpaired) electrons. The third-order valence-electron chi connectivity index (χ3n) is 4.13. The number of thiazole rings is 1. The molecule has 0 spiro atoms. The van der Waals surface area contributed by atoms with E-state index in [-0.39, 0.29) is 11.9 Å². The van der Waals surface area contributed by atoms with E-state index < -0.39 is 6.10 Å². The van der Waals surface area contributed by atoms with Gasteiger partial charge in [0.15, 0.2) is 6.10 Å². The zero-order valence-corrected chi connectivity index (χ0v) is 15.6. The Bertz CT molecular complexity index is 714. The molecule has 6 heteroatoms. The van der Waals surface area contributed by atoms with E-state index in [0.717, 1.165) is 22.0 Å². The largest absolute Gasteiger partial charge is 0.497 e. The maximum atomic E-state index is 12.7. The summed E-state index contributed by atoms with van der Waals surface area (Å²) >= 11 is 1.62. The number of amides is 1. The monoisotopic (exact) mass is 348 g/mol. The normalized spacial score (nSPS) is 13.4. The molecule has 1 amide bonds. The minimum atomic E-state index is -1.22. The standard InChI is InChI=1S/C18H24N2O3S/c1-6-15-19-11(2)17(24-15)12(3)20(4)18(22)16(21)13-8-7-9-14(10-13)23-5/h7-10,12,16,21H,6H2,1-5H3. The first-order valence-corrected chi connectivity index (χ1v) is 8.75. The van der Waals surface area contributed by atoms with Crippen molar-refractivity contribution in [3.8, 4) is 5.75 Å². The SMILES string of the molecule is CCc1nc(C)c(C(C)N(C)C(=O)C(O)c2cccc(OC)c2)s1. The number of carbonyl (C=O) groups excluding carboxylic acids is 1. The number of carbonyl (C=O) groups is 1. The summed E-state index contributed by atoms with van der Waals surface area (Å²) in [7, 11) is 3.26. The summed E-state index contributed by atoms with van der Waals surface area (Å²) in [4.78, 5) is 19.8. The first-order chi connectivity index (χ1) is 11.4. The van der Waals surface area contributed by atoms with E-state index in [2.05, 4.69) is 11.9 Å². The second-order valence-electron chi connectivity index (χ2n) is 5.72. The van der Waals surface area contributed by atoms with Gasteiger partial charge in [-0.3, -0.25) is 4.79 Å². The van der Waals surface area contributed by atoms with Crippen molar-refractivity contribution in [2.45, 2.75) is 39.3 Å². The molecule has 0 aliphatic heterocycles. The van der Waals surface area contributed by atoms with E-state index in [1.807, 2.05) is 13.8 Å². The molecule has 0 bridgehead atoms. The van der Waals surface area contributed by atoms with Crippen LogP contribution in [0.2, 0.25) is 0 Å². The number of hydrogen-bond acceptors (Lipinski definition) is 5. The molecule has 2 atom stereocenters. The first-order valence-electron chi connectivity index (χ1n) is 7.93. The number of aliphatic hydroxyl groups is 1. The molecule has 24 heavy (non-hydrogen) atoms. The Morgan fingerprint density at radius 2 is 2.17 bits per heavy atom. The quantitative estimate of drug-likeness (QED) is 0.870. The molecule has 0 fully saturated rings. The number of likely N-dealkylation sites (N-methyl/N-ethyl adjacent to an activating group) is 1. The highest BCUT2D eigenvalue weighted by Gasteiger charge is 2.27. The highest BCUT2D eigenvalue weighted by atomic mass is 32.1. The Hall–Kier alpha value is -1.92. The molecule has 2 rings (SSSR count). The molecule has 0 saturated carbocycles. The highest BCUT2D eigenvalue weighted by Crippen LogP contribution is 2.31. The number of aryl methyl sites for hydroxylation is 2. The number of nitrogens with zero attached hydrogens (tertiary/aromatic N) is 2. The van der Waals surface area contributed by atoms with E-state index in [1.165, 1.54) is 0 Å². The summed E-state index contributed by atoms with van der Waals surface area (Å²) < 4.78 is 5.15. The summed E-state index contributed by atoms with van der Waals surface area (Å²) in [5, 5.41) is 11.5. The molecule has 2 aromatic rings. The number of methoxy groups -OCH3 is 1. The molecule has 5 nitrogen and oxygen atoms in total. The van der Waals surface area contributed by atoms with Gasteiger partial charge in [0.25, 0.3) is 5.91 Å². The fourth-order valence-electron chi connectivity index (χ4n) is 2.52. The fourth-order valence-corrected chi connectivity index (χ4v) is 3.62. The molecular weight excluding hydrogens is 324 g/mol. The van der Waals surface area contributed by atoms with Gasteiger partial charge in [0, 0.05) is 11.9 Å². The highest BCUT2D eigenvalue weighted by molar-refractivity contribution is 7.11. The number of benzene rings is 1. The van der Waals surface area contributed by atoms with Crippen LogP contribution in [0.15, 0.2) is 24.3 Å². The van der Waals surface area contributed by atoms with Crippen LogP contribution in [-0.4, -0.2) is 35.1 Å². The average Bonchev–Trinajstić information content (AvgIpc) is 3.00. The van der Waals surface area contributed by atoms with Gasteiger partial charge in [0.2, 0.25) is 0 Å². The maximum Gasteiger partial charge on any atom is 0.256 e. The topological polar surface area (TPSA) is 62.7 Å². The van der Waals surface area contributed by atoms with Crippen molar-refractivity contribution in [3.63, 3.8) is 0 Å². The molecule has 1 N–H and O–H groups in total. The van der Waals surface area contributed by atoms with E-state index in [0.29, 0.717) is 11.3 Å². The molecule has 0 aliphatic carbocycles. The molecule has 0 aliphatic rings. The molecule has 0 saturated heterocycles. The first kappa shape index (κ1) is 18.4. The molecule has 130 valence electrons. The lowest BCUT2D eigenvalue weighted by Gasteiger charge is -2.27. The zero-order chi connectivity index (χ0) is 17.9. The van der Waals surface area contributed by atoms with Crippen molar-refractivity contribution in [1.29, 1.82) is 0 Å². The van der Waals surface area contributed by atoms with Crippen LogP contribution < -0.4 is 4.74 Å². The molecule has 2 unspecified atom stereocenters. The predicted molar refractivity (Wildman–Crippen MR) is 95.4 cm³/mol. The van der Waals surface area contributed by atoms with Crippen LogP contribution in [0, 0.1) is 6.92 Å². The third-order valence-corrected chi connectivity index (χ3v) is 5.60. The second kappa shape index (κ2) is 7.77. The van der Waals surface area contributed by atoms with Crippen LogP contribution in [0.4, 0.5) is 0 Å². The van der Waals surface area contributed by atoms with Gasteiger partial charge in [-0.25, -0.2) is 4.98 Å². The zero-order valence-electron chi connectivity index (χ0n) is 14.7. The van der Waals surface area contributed by atoms with Crippen LogP contribution in [-0.2, 0) is 11.2 Å². The Kier molecular flexibility index (Phi) is 5.96. The fraction of sp³-hybridized carbons (Fsp3) is 0.444. The number of aliphatic hydroxyl groups excluding tert-OH is 1. The van der Waals surface area contributed by atoms with E-state index >= 15 is 0 Å². The van der Waals surface area contributed by atoms with E-state index in [4.69, 9.17) is 4.74 Å². The minimum Gasteiger partial charge on any atom is -0.497 e. The van der Waals surface area contributed by atoms with Gasteiger partial charge in [-0.1, -0.05) is 19.1 Å². The summed E-state index contributed by atoms with van der Waals surface area (Å²) in [5.41, 5.74) is 1.47. The average molecular weight is 348 g/mol. The van der Waals surface area contributed by atoms with Crippen LogP contribution in [0.25, 0.3) is 0 Å². The molecular formula is C18H24N2O3S. The summed E-state index contributed by atoms with van der Waals surface area (Å²) in [5.74, 6) is 0.266. The Balaban J connectivity index is 2.19.